The van der Waals surface area contributed by atoms with Crippen LogP contribution in [-0.4, -0.2) is 58.3 Å². The molecule has 2 aromatic rings. The summed E-state index contributed by atoms with van der Waals surface area (Å²) in [5, 5.41) is 0. The van der Waals surface area contributed by atoms with Crippen LogP contribution in [0.5, 0.6) is 5.75 Å². The molecule has 9 heteroatoms. The number of fused-ring (bicyclic) bond motifs is 1. The molecular weight excluding hydrogens is 370 g/mol. The quantitative estimate of drug-likeness (QED) is 0.796. The van der Waals surface area contributed by atoms with E-state index in [1.165, 1.54) is 4.90 Å². The Balaban J connectivity index is 1.39. The molecule has 2 aliphatic heterocycles. The van der Waals surface area contributed by atoms with E-state index in [4.69, 9.17) is 9.15 Å². The molecule has 2 aromatic heterocycles. The number of nitrogens with zero attached hydrogens (tertiary/aromatic N) is 4. The molecule has 28 heavy (non-hydrogen) atoms. The lowest BCUT2D eigenvalue weighted by molar-refractivity contribution is -0.0499. The van der Waals surface area contributed by atoms with E-state index in [2.05, 4.69) is 14.9 Å². The number of methoxy groups -OCH3 is 1. The minimum atomic E-state index is -2.69. The maximum atomic E-state index is 13.3. The summed E-state index contributed by atoms with van der Waals surface area (Å²) in [7, 11) is 1.60. The van der Waals surface area contributed by atoms with Crippen LogP contribution in [-0.2, 0) is 19.5 Å². The molecule has 0 radical (unpaired) electrons. The van der Waals surface area contributed by atoms with Crippen LogP contribution >= 0.6 is 0 Å². The second-order valence-electron chi connectivity index (χ2n) is 7.19. The van der Waals surface area contributed by atoms with Crippen molar-refractivity contribution in [1.82, 2.24) is 19.8 Å². The number of likely N-dealkylation sites (tertiary alicyclic amines) is 1. The van der Waals surface area contributed by atoms with Crippen molar-refractivity contribution in [3.8, 4) is 5.75 Å². The van der Waals surface area contributed by atoms with Crippen molar-refractivity contribution < 1.29 is 22.7 Å². The van der Waals surface area contributed by atoms with Gasteiger partial charge in [-0.1, -0.05) is 0 Å². The first-order valence-corrected chi connectivity index (χ1v) is 9.30. The molecule has 4 heterocycles. The van der Waals surface area contributed by atoms with Crippen molar-refractivity contribution in [2.24, 2.45) is 0 Å². The predicted molar refractivity (Wildman–Crippen MR) is 95.2 cm³/mol. The number of pyridine rings is 1. The van der Waals surface area contributed by atoms with Crippen LogP contribution < -0.4 is 4.74 Å². The smallest absolute Gasteiger partial charge is 0.309 e. The molecule has 0 spiro atoms. The first-order chi connectivity index (χ1) is 13.4. The zero-order chi connectivity index (χ0) is 19.7. The van der Waals surface area contributed by atoms with Gasteiger partial charge in [0.15, 0.2) is 0 Å². The van der Waals surface area contributed by atoms with Gasteiger partial charge in [-0.2, -0.15) is 0 Å². The molecule has 0 aromatic carbocycles. The van der Waals surface area contributed by atoms with Crippen molar-refractivity contribution >= 4 is 5.91 Å². The molecule has 150 valence electrons. The SMILES string of the molecule is COc1ccc(CN2CCc3oc(C(=O)N4CCC(F)(F)CC4)nc3C2)nc1. The summed E-state index contributed by atoms with van der Waals surface area (Å²) < 4.78 is 37.4. The topological polar surface area (TPSA) is 71.7 Å². The fourth-order valence-corrected chi connectivity index (χ4v) is 3.51. The van der Waals surface area contributed by atoms with Crippen molar-refractivity contribution in [2.45, 2.75) is 38.3 Å². The molecule has 0 bridgehead atoms. The van der Waals surface area contributed by atoms with Crippen LogP contribution in [0.3, 0.4) is 0 Å². The van der Waals surface area contributed by atoms with E-state index in [0.29, 0.717) is 31.0 Å². The van der Waals surface area contributed by atoms with Crippen LogP contribution in [0.2, 0.25) is 0 Å². The number of carbonyl (C=O) groups is 1. The summed E-state index contributed by atoms with van der Waals surface area (Å²) in [5.41, 5.74) is 1.64. The van der Waals surface area contributed by atoms with Crippen molar-refractivity contribution in [3.05, 3.63) is 41.4 Å². The third-order valence-corrected chi connectivity index (χ3v) is 5.19. The third-order valence-electron chi connectivity index (χ3n) is 5.19. The molecule has 2 aliphatic rings. The summed E-state index contributed by atoms with van der Waals surface area (Å²) in [5.74, 6) is -1.69. The van der Waals surface area contributed by atoms with Gasteiger partial charge in [-0.15, -0.1) is 0 Å². The van der Waals surface area contributed by atoms with Gasteiger partial charge in [-0.25, -0.2) is 13.8 Å². The average Bonchev–Trinajstić information content (AvgIpc) is 3.11. The second kappa shape index (κ2) is 7.46. The molecule has 0 N–H and O–H groups in total. The summed E-state index contributed by atoms with van der Waals surface area (Å²) in [6.07, 6.45) is 1.69. The van der Waals surface area contributed by atoms with E-state index in [1.807, 2.05) is 12.1 Å². The zero-order valence-corrected chi connectivity index (χ0v) is 15.7. The Labute approximate surface area is 161 Å². The Morgan fingerprint density at radius 3 is 2.75 bits per heavy atom. The number of rotatable bonds is 4. The van der Waals surface area contributed by atoms with Gasteiger partial charge in [0.1, 0.15) is 11.5 Å². The third kappa shape index (κ3) is 3.99. The van der Waals surface area contributed by atoms with Gasteiger partial charge in [0.25, 0.3) is 11.8 Å². The molecule has 0 atom stereocenters. The molecular formula is C19H22F2N4O3. The van der Waals surface area contributed by atoms with E-state index >= 15 is 0 Å². The van der Waals surface area contributed by atoms with Gasteiger partial charge in [0, 0.05) is 52.0 Å². The maximum Gasteiger partial charge on any atom is 0.309 e. The standard InChI is InChI=1S/C19H22F2N4O3/c1-27-14-3-2-13(22-10-14)11-24-7-4-16-15(12-24)23-17(28-16)18(26)25-8-5-19(20,21)6-9-25/h2-3,10H,4-9,11-12H2,1H3. The molecule has 1 amide bonds. The average molecular weight is 392 g/mol. The highest BCUT2D eigenvalue weighted by Gasteiger charge is 2.37. The highest BCUT2D eigenvalue weighted by Crippen LogP contribution is 2.29. The van der Waals surface area contributed by atoms with Gasteiger partial charge in [0.05, 0.1) is 24.7 Å². The first-order valence-electron chi connectivity index (χ1n) is 9.30. The Kier molecular flexibility index (Phi) is 5.01. The van der Waals surface area contributed by atoms with Crippen LogP contribution in [0.4, 0.5) is 8.78 Å². The number of ether oxygens (including phenoxy) is 1. The van der Waals surface area contributed by atoms with Crippen molar-refractivity contribution in [2.75, 3.05) is 26.7 Å². The summed E-state index contributed by atoms with van der Waals surface area (Å²) in [6.45, 7) is 2.01. The number of piperidine rings is 1. The second-order valence-corrected chi connectivity index (χ2v) is 7.19. The lowest BCUT2D eigenvalue weighted by Crippen LogP contribution is -2.42. The van der Waals surface area contributed by atoms with Crippen molar-refractivity contribution in [3.63, 3.8) is 0 Å². The van der Waals surface area contributed by atoms with Crippen LogP contribution in [0.15, 0.2) is 22.7 Å². The Morgan fingerprint density at radius 1 is 1.29 bits per heavy atom. The number of halogens is 2. The molecule has 1 saturated heterocycles. The fraction of sp³-hybridized carbons (Fsp3) is 0.526. The number of aromatic nitrogens is 2. The van der Waals surface area contributed by atoms with Gasteiger partial charge in [-0.05, 0) is 12.1 Å². The number of hydrogen-bond donors (Lipinski definition) is 0. The molecule has 0 saturated carbocycles. The van der Waals surface area contributed by atoms with Gasteiger partial charge < -0.3 is 14.1 Å². The summed E-state index contributed by atoms with van der Waals surface area (Å²) in [6, 6.07) is 3.78. The molecule has 1 fully saturated rings. The largest absolute Gasteiger partial charge is 0.495 e. The Morgan fingerprint density at radius 2 is 2.07 bits per heavy atom. The highest BCUT2D eigenvalue weighted by molar-refractivity contribution is 5.89. The van der Waals surface area contributed by atoms with Gasteiger partial charge >= 0.3 is 5.91 Å². The minimum absolute atomic E-state index is 0.000334. The van der Waals surface area contributed by atoms with Gasteiger partial charge in [-0.3, -0.25) is 14.7 Å². The molecule has 7 nitrogen and oxygen atoms in total. The van der Waals surface area contributed by atoms with E-state index in [9.17, 15) is 13.6 Å². The van der Waals surface area contributed by atoms with Crippen LogP contribution in [0.25, 0.3) is 0 Å². The fourth-order valence-electron chi connectivity index (χ4n) is 3.51. The normalized spacial score (nSPS) is 19.3. The Hall–Kier alpha value is -2.55. The molecule has 4 rings (SSSR count). The van der Waals surface area contributed by atoms with Crippen LogP contribution in [0.1, 0.15) is 40.7 Å². The lowest BCUT2D eigenvalue weighted by Gasteiger charge is -2.30. The highest BCUT2D eigenvalue weighted by atomic mass is 19.3. The minimum Gasteiger partial charge on any atom is -0.495 e. The van der Waals surface area contributed by atoms with Crippen LogP contribution in [0, 0.1) is 0 Å². The van der Waals surface area contributed by atoms with Crippen molar-refractivity contribution in [1.29, 1.82) is 0 Å². The van der Waals surface area contributed by atoms with E-state index in [-0.39, 0.29) is 31.8 Å². The Bertz CT molecular complexity index is 843. The number of hydrogen-bond acceptors (Lipinski definition) is 6. The summed E-state index contributed by atoms with van der Waals surface area (Å²) in [4.78, 5) is 24.9. The molecule has 0 unspecified atom stereocenters. The molecule has 0 aliphatic carbocycles. The zero-order valence-electron chi connectivity index (χ0n) is 15.7. The van der Waals surface area contributed by atoms with Gasteiger partial charge in [0.2, 0.25) is 0 Å². The monoisotopic (exact) mass is 392 g/mol. The number of carbonyl (C=O) groups excluding carboxylic acids is 1. The number of amides is 1. The number of oxazole rings is 1. The predicted octanol–water partition coefficient (Wildman–Crippen LogP) is 2.51. The summed E-state index contributed by atoms with van der Waals surface area (Å²) >= 11 is 0. The first kappa shape index (κ1) is 18.8. The van der Waals surface area contributed by atoms with E-state index < -0.39 is 11.8 Å². The van der Waals surface area contributed by atoms with E-state index in [0.717, 1.165) is 17.9 Å². The maximum absolute atomic E-state index is 13.3. The van der Waals surface area contributed by atoms with E-state index in [1.54, 1.807) is 13.3 Å². The lowest BCUT2D eigenvalue weighted by atomic mass is 10.1. The number of alkyl halides is 2.